The lowest BCUT2D eigenvalue weighted by molar-refractivity contribution is 0.103. The summed E-state index contributed by atoms with van der Waals surface area (Å²) in [6, 6.07) is 41.8. The molecule has 0 radical (unpaired) electrons. The fourth-order valence-electron chi connectivity index (χ4n) is 7.50. The van der Waals surface area contributed by atoms with Gasteiger partial charge in [0.25, 0.3) is 0 Å². The highest BCUT2D eigenvalue weighted by Crippen LogP contribution is 2.57. The van der Waals surface area contributed by atoms with Gasteiger partial charge in [-0.2, -0.15) is 0 Å². The number of methoxy groups -OCH3 is 1. The van der Waals surface area contributed by atoms with Gasteiger partial charge in [-0.3, -0.25) is 4.79 Å². The topological polar surface area (TPSA) is 35.5 Å². The third kappa shape index (κ3) is 4.94. The summed E-state index contributed by atoms with van der Waals surface area (Å²) in [7, 11) is 1.74. The van der Waals surface area contributed by atoms with E-state index in [0.29, 0.717) is 16.9 Å². The van der Waals surface area contributed by atoms with Crippen LogP contribution in [0.1, 0.15) is 66.0 Å². The number of fused-ring (bicyclic) bond motifs is 3. The van der Waals surface area contributed by atoms with Crippen molar-refractivity contribution in [1.29, 1.82) is 0 Å². The Morgan fingerprint density at radius 3 is 1.43 bits per heavy atom. The number of carbonyl (C=O) groups is 1. The van der Waals surface area contributed by atoms with Crippen molar-refractivity contribution >= 4 is 5.78 Å². The van der Waals surface area contributed by atoms with Crippen LogP contribution < -0.4 is 9.47 Å². The molecule has 0 fully saturated rings. The zero-order valence-corrected chi connectivity index (χ0v) is 27.8. The van der Waals surface area contributed by atoms with E-state index in [9.17, 15) is 4.79 Å². The number of aryl methyl sites for hydroxylation is 5. The van der Waals surface area contributed by atoms with Gasteiger partial charge in [0.1, 0.15) is 17.2 Å². The van der Waals surface area contributed by atoms with Crippen molar-refractivity contribution in [2.45, 2.75) is 40.0 Å². The minimum absolute atomic E-state index is 0.000284. The van der Waals surface area contributed by atoms with Crippen LogP contribution in [-0.4, -0.2) is 12.9 Å². The molecule has 232 valence electrons. The molecule has 1 aliphatic rings. The van der Waals surface area contributed by atoms with Crippen molar-refractivity contribution in [3.8, 4) is 28.4 Å². The Bertz CT molecular complexity index is 2060. The fraction of sp³-hybridized carbons (Fsp3) is 0.159. The van der Waals surface area contributed by atoms with Crippen LogP contribution in [0.3, 0.4) is 0 Å². The first-order valence-corrected chi connectivity index (χ1v) is 16.1. The summed E-state index contributed by atoms with van der Waals surface area (Å²) in [5, 5.41) is 0. The lowest BCUT2D eigenvalue weighted by atomic mass is 9.66. The molecule has 0 N–H and O–H groups in total. The zero-order valence-electron chi connectivity index (χ0n) is 27.8. The van der Waals surface area contributed by atoms with E-state index in [1.54, 1.807) is 7.11 Å². The number of benzene rings is 6. The molecule has 6 aromatic carbocycles. The van der Waals surface area contributed by atoms with E-state index in [-0.39, 0.29) is 5.78 Å². The molecule has 0 heterocycles. The Hall–Kier alpha value is -5.41. The van der Waals surface area contributed by atoms with Gasteiger partial charge in [0.2, 0.25) is 0 Å². The van der Waals surface area contributed by atoms with E-state index in [2.05, 4.69) is 100 Å². The van der Waals surface area contributed by atoms with Crippen LogP contribution in [0.2, 0.25) is 0 Å². The average molecular weight is 615 g/mol. The Labute approximate surface area is 277 Å². The van der Waals surface area contributed by atoms with E-state index in [4.69, 9.17) is 9.47 Å². The van der Waals surface area contributed by atoms with Crippen molar-refractivity contribution in [3.05, 3.63) is 183 Å². The summed E-state index contributed by atoms with van der Waals surface area (Å²) in [6.07, 6.45) is 0. The first-order valence-electron chi connectivity index (χ1n) is 16.1. The molecule has 0 saturated heterocycles. The summed E-state index contributed by atoms with van der Waals surface area (Å²) in [4.78, 5) is 13.1. The molecule has 0 spiro atoms. The van der Waals surface area contributed by atoms with Gasteiger partial charge in [0.05, 0.1) is 12.5 Å². The largest absolute Gasteiger partial charge is 0.496 e. The van der Waals surface area contributed by atoms with Gasteiger partial charge in [0, 0.05) is 11.1 Å². The van der Waals surface area contributed by atoms with Gasteiger partial charge in [-0.25, -0.2) is 0 Å². The predicted molar refractivity (Wildman–Crippen MR) is 190 cm³/mol. The smallest absolute Gasteiger partial charge is 0.193 e. The van der Waals surface area contributed by atoms with Crippen molar-refractivity contribution < 1.29 is 14.3 Å². The lowest BCUT2D eigenvalue weighted by Gasteiger charge is -2.35. The Balaban J connectivity index is 1.33. The van der Waals surface area contributed by atoms with Crippen molar-refractivity contribution in [2.24, 2.45) is 0 Å². The van der Waals surface area contributed by atoms with Gasteiger partial charge < -0.3 is 9.47 Å². The maximum atomic E-state index is 13.1. The third-order valence-electron chi connectivity index (χ3n) is 9.59. The fourth-order valence-corrected chi connectivity index (χ4v) is 7.50. The monoisotopic (exact) mass is 614 g/mol. The van der Waals surface area contributed by atoms with Gasteiger partial charge in [-0.15, -0.1) is 0 Å². The molecule has 0 atom stereocenters. The highest BCUT2D eigenvalue weighted by molar-refractivity contribution is 6.09. The molecule has 0 bridgehead atoms. The number of hydrogen-bond acceptors (Lipinski definition) is 3. The standard InChI is InChI=1S/C44H38O3/c1-27-15-17-32(18-16-27)41(45)33-19-21-36(22-20-33)47-43-30(4)25-35(26-31(43)5)44(34-23-28(2)42(46-6)29(3)24-34)39-13-9-7-11-37(39)38-12-8-10-14-40(38)44/h7-26H,1-6H3. The van der Waals surface area contributed by atoms with Crippen LogP contribution in [0.5, 0.6) is 17.2 Å². The first-order chi connectivity index (χ1) is 22.7. The summed E-state index contributed by atoms with van der Waals surface area (Å²) in [5.41, 5.74) is 13.7. The number of ketones is 1. The molecule has 1 aliphatic carbocycles. The molecule has 7 rings (SSSR count). The lowest BCUT2D eigenvalue weighted by Crippen LogP contribution is -2.29. The third-order valence-corrected chi connectivity index (χ3v) is 9.59. The number of hydrogen-bond donors (Lipinski definition) is 0. The normalized spacial score (nSPS) is 12.7. The highest BCUT2D eigenvalue weighted by Gasteiger charge is 2.46. The molecule has 0 saturated carbocycles. The van der Waals surface area contributed by atoms with E-state index >= 15 is 0 Å². The predicted octanol–water partition coefficient (Wildman–Crippen LogP) is 10.6. The molecule has 0 aliphatic heterocycles. The number of ether oxygens (including phenoxy) is 2. The van der Waals surface area contributed by atoms with Crippen LogP contribution in [0.15, 0.2) is 121 Å². The molecule has 0 aromatic heterocycles. The molecule has 6 aromatic rings. The van der Waals surface area contributed by atoms with Crippen LogP contribution in [0.25, 0.3) is 11.1 Å². The maximum absolute atomic E-state index is 13.1. The SMILES string of the molecule is COc1c(C)cc(C2(c3cc(C)c(Oc4ccc(C(=O)c5ccc(C)cc5)cc4)c(C)c3)c3ccccc3-c3ccccc32)cc1C. The Morgan fingerprint density at radius 2 is 0.957 bits per heavy atom. The van der Waals surface area contributed by atoms with E-state index in [1.807, 2.05) is 55.5 Å². The van der Waals surface area contributed by atoms with Crippen LogP contribution >= 0.6 is 0 Å². The average Bonchev–Trinajstić information content (AvgIpc) is 3.38. The maximum Gasteiger partial charge on any atom is 0.193 e. The highest BCUT2D eigenvalue weighted by atomic mass is 16.5. The van der Waals surface area contributed by atoms with E-state index in [1.165, 1.54) is 33.4 Å². The second-order valence-electron chi connectivity index (χ2n) is 12.7. The summed E-state index contributed by atoms with van der Waals surface area (Å²) in [6.45, 7) is 10.5. The van der Waals surface area contributed by atoms with Crippen LogP contribution in [-0.2, 0) is 5.41 Å². The van der Waals surface area contributed by atoms with Crippen LogP contribution in [0, 0.1) is 34.6 Å². The van der Waals surface area contributed by atoms with Gasteiger partial charge in [-0.1, -0.05) is 103 Å². The zero-order chi connectivity index (χ0) is 32.9. The second kappa shape index (κ2) is 11.7. The summed E-state index contributed by atoms with van der Waals surface area (Å²) in [5.74, 6) is 2.44. The minimum Gasteiger partial charge on any atom is -0.496 e. The van der Waals surface area contributed by atoms with E-state index in [0.717, 1.165) is 39.3 Å². The summed E-state index contributed by atoms with van der Waals surface area (Å²) >= 11 is 0. The molecule has 3 heteroatoms. The van der Waals surface area contributed by atoms with Gasteiger partial charge in [0.15, 0.2) is 5.78 Å². The molecule has 0 unspecified atom stereocenters. The Morgan fingerprint density at radius 1 is 0.532 bits per heavy atom. The second-order valence-corrected chi connectivity index (χ2v) is 12.7. The van der Waals surface area contributed by atoms with Gasteiger partial charge in [-0.05, 0) is 115 Å². The molecule has 0 amide bonds. The molecule has 47 heavy (non-hydrogen) atoms. The molecular weight excluding hydrogens is 576 g/mol. The number of carbonyl (C=O) groups excluding carboxylic acids is 1. The number of rotatable bonds is 7. The Kier molecular flexibility index (Phi) is 7.56. The van der Waals surface area contributed by atoms with Gasteiger partial charge >= 0.3 is 0 Å². The van der Waals surface area contributed by atoms with E-state index < -0.39 is 5.41 Å². The van der Waals surface area contributed by atoms with Crippen molar-refractivity contribution in [3.63, 3.8) is 0 Å². The van der Waals surface area contributed by atoms with Crippen molar-refractivity contribution in [2.75, 3.05) is 7.11 Å². The molecular formula is C44H38O3. The molecule has 3 nitrogen and oxygen atoms in total. The quantitative estimate of drug-likeness (QED) is 0.168. The van der Waals surface area contributed by atoms with Crippen LogP contribution in [0.4, 0.5) is 0 Å². The minimum atomic E-state index is -0.527. The van der Waals surface area contributed by atoms with Crippen molar-refractivity contribution in [1.82, 2.24) is 0 Å². The summed E-state index contributed by atoms with van der Waals surface area (Å²) < 4.78 is 12.3. The first kappa shape index (κ1) is 30.3.